The summed E-state index contributed by atoms with van der Waals surface area (Å²) in [7, 11) is 0. The molecular weight excluding hydrogens is 295 g/mol. The summed E-state index contributed by atoms with van der Waals surface area (Å²) in [4.78, 5) is 27.2. The molecule has 1 heterocycles. The molecule has 0 aliphatic carbocycles. The van der Waals surface area contributed by atoms with Gasteiger partial charge in [0.05, 0.1) is 5.69 Å². The molecule has 0 fully saturated rings. The zero-order valence-corrected chi connectivity index (χ0v) is 12.0. The first kappa shape index (κ1) is 14.9. The number of aromatic nitrogens is 1. The molecule has 0 spiro atoms. The number of nitrogens with one attached hydrogen (secondary N) is 3. The maximum atomic E-state index is 13.4. The molecule has 0 saturated carbocycles. The van der Waals surface area contributed by atoms with Crippen molar-refractivity contribution in [3.05, 3.63) is 41.2 Å². The number of hydrogen-bond acceptors (Lipinski definition) is 4. The monoisotopic (exact) mass is 308 g/mol. The molecule has 110 valence electrons. The maximum Gasteiger partial charge on any atom is 0.325 e. The van der Waals surface area contributed by atoms with Crippen LogP contribution in [-0.4, -0.2) is 23.5 Å². The van der Waals surface area contributed by atoms with Gasteiger partial charge in [0.15, 0.2) is 5.13 Å². The molecule has 0 saturated heterocycles. The number of benzene rings is 1. The van der Waals surface area contributed by atoms with Gasteiger partial charge in [0.2, 0.25) is 0 Å². The van der Waals surface area contributed by atoms with Crippen molar-refractivity contribution < 1.29 is 14.0 Å². The number of hydrogen-bond donors (Lipinski definition) is 3. The fraction of sp³-hybridized carbons (Fsp3) is 0.154. The highest BCUT2D eigenvalue weighted by Gasteiger charge is 2.12. The molecule has 0 atom stereocenters. The van der Waals surface area contributed by atoms with Gasteiger partial charge in [0.1, 0.15) is 11.5 Å². The fourth-order valence-electron chi connectivity index (χ4n) is 1.50. The Morgan fingerprint density at radius 1 is 1.29 bits per heavy atom. The second-order valence-corrected chi connectivity index (χ2v) is 4.81. The SMILES string of the molecule is CCNC(=O)c1csc(NC(=O)Nc2ccccc2F)n1. The Morgan fingerprint density at radius 3 is 2.76 bits per heavy atom. The van der Waals surface area contributed by atoms with Crippen molar-refractivity contribution in [1.29, 1.82) is 0 Å². The zero-order valence-electron chi connectivity index (χ0n) is 11.1. The summed E-state index contributed by atoms with van der Waals surface area (Å²) in [6, 6.07) is 5.19. The molecule has 1 aromatic carbocycles. The number of rotatable bonds is 4. The predicted molar refractivity (Wildman–Crippen MR) is 79.2 cm³/mol. The molecule has 8 heteroatoms. The number of nitrogens with zero attached hydrogens (tertiary/aromatic N) is 1. The van der Waals surface area contributed by atoms with Crippen LogP contribution in [-0.2, 0) is 0 Å². The summed E-state index contributed by atoms with van der Waals surface area (Å²) in [6.07, 6.45) is 0. The van der Waals surface area contributed by atoms with E-state index < -0.39 is 11.8 Å². The molecule has 0 aliphatic heterocycles. The second-order valence-electron chi connectivity index (χ2n) is 3.96. The first-order chi connectivity index (χ1) is 10.1. The third-order valence-corrected chi connectivity index (χ3v) is 3.17. The number of thiazole rings is 1. The van der Waals surface area contributed by atoms with E-state index in [9.17, 15) is 14.0 Å². The molecule has 2 aromatic rings. The predicted octanol–water partition coefficient (Wildman–Crippen LogP) is 2.68. The smallest absolute Gasteiger partial charge is 0.325 e. The average molecular weight is 308 g/mol. The van der Waals surface area contributed by atoms with Gasteiger partial charge in [-0.1, -0.05) is 12.1 Å². The zero-order chi connectivity index (χ0) is 15.2. The van der Waals surface area contributed by atoms with Crippen LogP contribution in [0.15, 0.2) is 29.6 Å². The molecule has 2 rings (SSSR count). The van der Waals surface area contributed by atoms with Crippen molar-refractivity contribution >= 4 is 34.1 Å². The molecule has 21 heavy (non-hydrogen) atoms. The van der Waals surface area contributed by atoms with E-state index in [2.05, 4.69) is 20.9 Å². The molecule has 1 aromatic heterocycles. The highest BCUT2D eigenvalue weighted by atomic mass is 32.1. The molecule has 0 unspecified atom stereocenters. The van der Waals surface area contributed by atoms with Crippen LogP contribution in [0.25, 0.3) is 0 Å². The standard InChI is InChI=1S/C13H13FN4O2S/c1-2-15-11(19)10-7-21-13(17-10)18-12(20)16-9-6-4-3-5-8(9)14/h3-7H,2H2,1H3,(H,15,19)(H2,16,17,18,20). The van der Waals surface area contributed by atoms with Gasteiger partial charge in [-0.05, 0) is 19.1 Å². The van der Waals surface area contributed by atoms with Crippen LogP contribution in [0.2, 0.25) is 0 Å². The van der Waals surface area contributed by atoms with Crippen molar-refractivity contribution in [1.82, 2.24) is 10.3 Å². The van der Waals surface area contributed by atoms with Crippen LogP contribution in [0.5, 0.6) is 0 Å². The Labute approximate surface area is 124 Å². The molecule has 3 N–H and O–H groups in total. The Balaban J connectivity index is 1.97. The van der Waals surface area contributed by atoms with Crippen LogP contribution in [0.3, 0.4) is 0 Å². The lowest BCUT2D eigenvalue weighted by Gasteiger charge is -2.05. The van der Waals surface area contributed by atoms with Gasteiger partial charge in [-0.2, -0.15) is 0 Å². The summed E-state index contributed by atoms with van der Waals surface area (Å²) >= 11 is 1.11. The molecule has 0 bridgehead atoms. The van der Waals surface area contributed by atoms with Crippen molar-refractivity contribution in [2.45, 2.75) is 6.92 Å². The number of anilines is 2. The topological polar surface area (TPSA) is 83.1 Å². The number of carbonyl (C=O) groups is 2. The van der Waals surface area contributed by atoms with E-state index in [1.165, 1.54) is 23.6 Å². The fourth-order valence-corrected chi connectivity index (χ4v) is 2.19. The van der Waals surface area contributed by atoms with Gasteiger partial charge in [-0.25, -0.2) is 14.2 Å². The van der Waals surface area contributed by atoms with E-state index in [0.29, 0.717) is 6.54 Å². The van der Waals surface area contributed by atoms with E-state index in [1.54, 1.807) is 13.0 Å². The van der Waals surface area contributed by atoms with Crippen molar-refractivity contribution in [3.8, 4) is 0 Å². The van der Waals surface area contributed by atoms with Crippen LogP contribution in [0.4, 0.5) is 20.0 Å². The van der Waals surface area contributed by atoms with Crippen LogP contribution >= 0.6 is 11.3 Å². The van der Waals surface area contributed by atoms with E-state index >= 15 is 0 Å². The second kappa shape index (κ2) is 6.80. The Hall–Kier alpha value is -2.48. The lowest BCUT2D eigenvalue weighted by Crippen LogP contribution is -2.23. The summed E-state index contributed by atoms with van der Waals surface area (Å²) in [5.74, 6) is -0.842. The van der Waals surface area contributed by atoms with Gasteiger partial charge in [-0.15, -0.1) is 11.3 Å². The van der Waals surface area contributed by atoms with Crippen LogP contribution in [0, 0.1) is 5.82 Å². The van der Waals surface area contributed by atoms with Crippen molar-refractivity contribution in [3.63, 3.8) is 0 Å². The number of halogens is 1. The van der Waals surface area contributed by atoms with Crippen LogP contribution in [0.1, 0.15) is 17.4 Å². The molecule has 6 nitrogen and oxygen atoms in total. The summed E-state index contributed by atoms with van der Waals surface area (Å²) in [5, 5.41) is 9.20. The van der Waals surface area contributed by atoms with E-state index in [0.717, 1.165) is 11.3 Å². The highest BCUT2D eigenvalue weighted by molar-refractivity contribution is 7.14. The molecule has 3 amide bonds. The summed E-state index contributed by atoms with van der Waals surface area (Å²) in [5.41, 5.74) is 0.290. The normalized spacial score (nSPS) is 10.0. The lowest BCUT2D eigenvalue weighted by molar-refractivity contribution is 0.0951. The first-order valence-corrected chi connectivity index (χ1v) is 7.04. The van der Waals surface area contributed by atoms with Gasteiger partial charge in [0, 0.05) is 11.9 Å². The van der Waals surface area contributed by atoms with Crippen molar-refractivity contribution in [2.75, 3.05) is 17.2 Å². The van der Waals surface area contributed by atoms with Gasteiger partial charge in [0.25, 0.3) is 5.91 Å². The van der Waals surface area contributed by atoms with E-state index in [4.69, 9.17) is 0 Å². The van der Waals surface area contributed by atoms with Crippen molar-refractivity contribution in [2.24, 2.45) is 0 Å². The molecule has 0 aliphatic rings. The van der Waals surface area contributed by atoms with E-state index in [-0.39, 0.29) is 22.4 Å². The number of amides is 3. The van der Waals surface area contributed by atoms with Gasteiger partial charge in [-0.3, -0.25) is 10.1 Å². The quantitative estimate of drug-likeness (QED) is 0.812. The first-order valence-electron chi connectivity index (χ1n) is 6.16. The number of carbonyl (C=O) groups excluding carboxylic acids is 2. The molecule has 0 radical (unpaired) electrons. The minimum atomic E-state index is -0.628. The highest BCUT2D eigenvalue weighted by Crippen LogP contribution is 2.17. The maximum absolute atomic E-state index is 13.4. The summed E-state index contributed by atoms with van der Waals surface area (Å²) < 4.78 is 13.4. The lowest BCUT2D eigenvalue weighted by atomic mass is 10.3. The minimum absolute atomic E-state index is 0.0653. The Morgan fingerprint density at radius 2 is 2.05 bits per heavy atom. The largest absolute Gasteiger partial charge is 0.351 e. The van der Waals surface area contributed by atoms with Gasteiger partial charge >= 0.3 is 6.03 Å². The molecular formula is C13H13FN4O2S. The number of urea groups is 1. The number of para-hydroxylation sites is 1. The Bertz CT molecular complexity index is 659. The average Bonchev–Trinajstić information content (AvgIpc) is 2.90. The van der Waals surface area contributed by atoms with Gasteiger partial charge < -0.3 is 10.6 Å². The van der Waals surface area contributed by atoms with Crippen LogP contribution < -0.4 is 16.0 Å². The van der Waals surface area contributed by atoms with E-state index in [1.807, 2.05) is 0 Å². The third-order valence-electron chi connectivity index (χ3n) is 2.42. The Kier molecular flexibility index (Phi) is 4.83. The third kappa shape index (κ3) is 3.99. The minimum Gasteiger partial charge on any atom is -0.351 e. The summed E-state index contributed by atoms with van der Waals surface area (Å²) in [6.45, 7) is 2.29.